The third kappa shape index (κ3) is 4.25. The van der Waals surface area contributed by atoms with Crippen LogP contribution in [0, 0.1) is 5.82 Å². The zero-order valence-corrected chi connectivity index (χ0v) is 13.0. The summed E-state index contributed by atoms with van der Waals surface area (Å²) in [6, 6.07) is 6.08. The first-order chi connectivity index (χ1) is 11.6. The molecule has 0 N–H and O–H groups in total. The number of piperidine rings is 1. The Morgan fingerprint density at radius 2 is 2.00 bits per heavy atom. The maximum atomic E-state index is 13.5. The van der Waals surface area contributed by atoms with Crippen molar-refractivity contribution in [3.63, 3.8) is 0 Å². The zero-order valence-electron chi connectivity index (χ0n) is 13.0. The van der Waals surface area contributed by atoms with Gasteiger partial charge in [0.25, 0.3) is 6.43 Å². The third-order valence-electron chi connectivity index (χ3n) is 4.01. The molecule has 2 heterocycles. The Hall–Kier alpha value is -2.09. The fraction of sp³-hybridized carbons (Fsp3) is 0.500. The highest BCUT2D eigenvalue weighted by Crippen LogP contribution is 2.27. The predicted molar refractivity (Wildman–Crippen MR) is 79.4 cm³/mol. The topological polar surface area (TPSA) is 51.4 Å². The van der Waals surface area contributed by atoms with Crippen molar-refractivity contribution in [3.8, 4) is 5.75 Å². The lowest BCUT2D eigenvalue weighted by atomic mass is 9.97. The summed E-state index contributed by atoms with van der Waals surface area (Å²) in [6.45, 7) is 0.976. The fourth-order valence-electron chi connectivity index (χ4n) is 2.75. The van der Waals surface area contributed by atoms with Gasteiger partial charge in [0.2, 0.25) is 11.7 Å². The lowest BCUT2D eigenvalue weighted by Gasteiger charge is -2.29. The average molecular weight is 341 g/mol. The van der Waals surface area contributed by atoms with E-state index in [1.54, 1.807) is 17.0 Å². The van der Waals surface area contributed by atoms with E-state index in [2.05, 4.69) is 10.1 Å². The highest BCUT2D eigenvalue weighted by atomic mass is 19.3. The Balaban J connectivity index is 1.52. The quantitative estimate of drug-likeness (QED) is 0.807. The molecule has 0 spiro atoms. The van der Waals surface area contributed by atoms with Crippen molar-refractivity contribution in [1.29, 1.82) is 0 Å². The van der Waals surface area contributed by atoms with E-state index >= 15 is 0 Å². The van der Waals surface area contributed by atoms with Gasteiger partial charge in [-0.2, -0.15) is 4.98 Å². The first-order valence-electron chi connectivity index (χ1n) is 7.82. The van der Waals surface area contributed by atoms with Gasteiger partial charge in [-0.1, -0.05) is 17.3 Å². The summed E-state index contributed by atoms with van der Waals surface area (Å²) in [5, 5.41) is 3.84. The molecule has 0 unspecified atom stereocenters. The standard InChI is InChI=1S/C16H18F3N3O2/c17-12-3-1-2-4-13(12)23-10-15-20-16(24-21-15)11-5-7-22(8-6-11)9-14(18)19/h1-4,11,14H,5-10H2. The van der Waals surface area contributed by atoms with E-state index in [4.69, 9.17) is 9.26 Å². The zero-order chi connectivity index (χ0) is 16.9. The molecular weight excluding hydrogens is 323 g/mol. The second-order valence-corrected chi connectivity index (χ2v) is 5.73. The number of rotatable bonds is 6. The van der Waals surface area contributed by atoms with Gasteiger partial charge in [0.05, 0.1) is 6.54 Å². The van der Waals surface area contributed by atoms with E-state index in [-0.39, 0.29) is 24.8 Å². The molecule has 8 heteroatoms. The Bertz CT molecular complexity index is 658. The Kier molecular flexibility index (Phi) is 5.34. The number of halogens is 3. The maximum Gasteiger partial charge on any atom is 0.251 e. The predicted octanol–water partition coefficient (Wildman–Crippen LogP) is 3.23. The van der Waals surface area contributed by atoms with E-state index in [0.717, 1.165) is 0 Å². The van der Waals surface area contributed by atoms with Crippen LogP contribution in [0.2, 0.25) is 0 Å². The van der Waals surface area contributed by atoms with Gasteiger partial charge in [0.15, 0.2) is 18.2 Å². The molecule has 0 radical (unpaired) electrons. The molecule has 1 aliphatic rings. The molecule has 1 saturated heterocycles. The number of hydrogen-bond acceptors (Lipinski definition) is 5. The molecule has 1 aromatic carbocycles. The minimum Gasteiger partial charge on any atom is -0.482 e. The molecule has 2 aromatic rings. The van der Waals surface area contributed by atoms with E-state index < -0.39 is 12.2 Å². The molecule has 0 saturated carbocycles. The smallest absolute Gasteiger partial charge is 0.251 e. The molecule has 1 fully saturated rings. The van der Waals surface area contributed by atoms with Gasteiger partial charge in [0, 0.05) is 5.92 Å². The van der Waals surface area contributed by atoms with E-state index in [1.165, 1.54) is 12.1 Å². The van der Waals surface area contributed by atoms with Crippen molar-refractivity contribution in [2.45, 2.75) is 31.8 Å². The van der Waals surface area contributed by atoms with Crippen LogP contribution in [0.25, 0.3) is 0 Å². The molecule has 0 bridgehead atoms. The van der Waals surface area contributed by atoms with Crippen molar-refractivity contribution in [2.24, 2.45) is 0 Å². The van der Waals surface area contributed by atoms with Gasteiger partial charge < -0.3 is 9.26 Å². The summed E-state index contributed by atoms with van der Waals surface area (Å²) in [7, 11) is 0. The minimum absolute atomic E-state index is 0.00859. The van der Waals surface area contributed by atoms with Crippen molar-refractivity contribution < 1.29 is 22.4 Å². The largest absolute Gasteiger partial charge is 0.482 e. The second-order valence-electron chi connectivity index (χ2n) is 5.73. The van der Waals surface area contributed by atoms with Crippen LogP contribution in [0.15, 0.2) is 28.8 Å². The molecule has 1 aromatic heterocycles. The fourth-order valence-corrected chi connectivity index (χ4v) is 2.75. The van der Waals surface area contributed by atoms with Crippen LogP contribution >= 0.6 is 0 Å². The lowest BCUT2D eigenvalue weighted by molar-refractivity contribution is 0.0731. The molecule has 3 rings (SSSR count). The normalized spacial score (nSPS) is 16.7. The summed E-state index contributed by atoms with van der Waals surface area (Å²) in [4.78, 5) is 6.01. The number of para-hydroxylation sites is 1. The van der Waals surface area contributed by atoms with Crippen LogP contribution in [0.1, 0.15) is 30.5 Å². The van der Waals surface area contributed by atoms with E-state index in [0.29, 0.717) is 37.6 Å². The summed E-state index contributed by atoms with van der Waals surface area (Å²) in [5.41, 5.74) is 0. The number of benzene rings is 1. The van der Waals surface area contributed by atoms with Gasteiger partial charge in [-0.3, -0.25) is 4.90 Å². The van der Waals surface area contributed by atoms with Crippen molar-refractivity contribution in [2.75, 3.05) is 19.6 Å². The first-order valence-corrected chi connectivity index (χ1v) is 7.82. The number of hydrogen-bond donors (Lipinski definition) is 0. The number of nitrogens with zero attached hydrogens (tertiary/aromatic N) is 3. The summed E-state index contributed by atoms with van der Waals surface area (Å²) >= 11 is 0. The van der Waals surface area contributed by atoms with Crippen molar-refractivity contribution >= 4 is 0 Å². The van der Waals surface area contributed by atoms with Crippen LogP contribution in [0.5, 0.6) is 5.75 Å². The molecule has 0 amide bonds. The second kappa shape index (κ2) is 7.65. The Morgan fingerprint density at radius 1 is 1.25 bits per heavy atom. The van der Waals surface area contributed by atoms with Crippen molar-refractivity contribution in [1.82, 2.24) is 15.0 Å². The van der Waals surface area contributed by atoms with Gasteiger partial charge >= 0.3 is 0 Å². The summed E-state index contributed by atoms with van der Waals surface area (Å²) in [6.07, 6.45) is -0.919. The van der Waals surface area contributed by atoms with Crippen LogP contribution in [-0.2, 0) is 6.61 Å². The molecule has 5 nitrogen and oxygen atoms in total. The lowest BCUT2D eigenvalue weighted by Crippen LogP contribution is -2.36. The molecule has 24 heavy (non-hydrogen) atoms. The number of likely N-dealkylation sites (tertiary alicyclic amines) is 1. The Labute approximate surface area is 137 Å². The van der Waals surface area contributed by atoms with Gasteiger partial charge in [-0.05, 0) is 38.1 Å². The third-order valence-corrected chi connectivity index (χ3v) is 4.01. The van der Waals surface area contributed by atoms with Gasteiger partial charge in [-0.25, -0.2) is 13.2 Å². The van der Waals surface area contributed by atoms with Crippen LogP contribution < -0.4 is 4.74 Å². The van der Waals surface area contributed by atoms with E-state index in [9.17, 15) is 13.2 Å². The summed E-state index contributed by atoms with van der Waals surface area (Å²) < 4.78 is 48.8. The molecule has 0 aliphatic carbocycles. The molecule has 0 atom stereocenters. The maximum absolute atomic E-state index is 13.5. The van der Waals surface area contributed by atoms with Gasteiger partial charge in [-0.15, -0.1) is 0 Å². The van der Waals surface area contributed by atoms with Gasteiger partial charge in [0.1, 0.15) is 0 Å². The minimum atomic E-state index is -2.31. The monoisotopic (exact) mass is 341 g/mol. The van der Waals surface area contributed by atoms with Crippen LogP contribution in [0.4, 0.5) is 13.2 Å². The summed E-state index contributed by atoms with van der Waals surface area (Å²) in [5.74, 6) is 0.563. The van der Waals surface area contributed by atoms with E-state index in [1.807, 2.05) is 0 Å². The van der Waals surface area contributed by atoms with Crippen molar-refractivity contribution in [3.05, 3.63) is 41.8 Å². The highest BCUT2D eigenvalue weighted by molar-refractivity contribution is 5.23. The average Bonchev–Trinajstić information content (AvgIpc) is 3.03. The van der Waals surface area contributed by atoms with Crippen LogP contribution in [-0.4, -0.2) is 41.1 Å². The Morgan fingerprint density at radius 3 is 2.71 bits per heavy atom. The number of ether oxygens (including phenoxy) is 1. The molecule has 1 aliphatic heterocycles. The first kappa shape index (κ1) is 16.8. The molecular formula is C16H18F3N3O2. The number of alkyl halides is 2. The number of aromatic nitrogens is 2. The molecule has 130 valence electrons. The highest BCUT2D eigenvalue weighted by Gasteiger charge is 2.26. The van der Waals surface area contributed by atoms with Crippen LogP contribution in [0.3, 0.4) is 0 Å². The SMILES string of the molecule is Fc1ccccc1OCc1noc(C2CCN(CC(F)F)CC2)n1.